The van der Waals surface area contributed by atoms with Crippen molar-refractivity contribution < 1.29 is 14.9 Å². The number of epoxide rings is 1. The van der Waals surface area contributed by atoms with Crippen LogP contribution >= 0.6 is 0 Å². The number of fused-ring (bicyclic) bond motifs is 4. The Morgan fingerprint density at radius 1 is 0.913 bits per heavy atom. The fourth-order valence-corrected chi connectivity index (χ4v) is 4.69. The molecule has 4 atom stereocenters. The Morgan fingerprint density at radius 3 is 2.70 bits per heavy atom. The second kappa shape index (κ2) is 3.65. The number of hydrogen-bond donors (Lipinski definition) is 2. The molecule has 3 aromatic carbocycles. The summed E-state index contributed by atoms with van der Waals surface area (Å²) < 4.78 is 6.04. The van der Waals surface area contributed by atoms with Gasteiger partial charge >= 0.3 is 0 Å². The van der Waals surface area contributed by atoms with Crippen molar-refractivity contribution >= 4 is 10.8 Å². The molecule has 0 amide bonds. The molecule has 1 saturated heterocycles. The summed E-state index contributed by atoms with van der Waals surface area (Å²) in [7, 11) is 0. The Morgan fingerprint density at radius 2 is 1.78 bits per heavy atom. The van der Waals surface area contributed by atoms with E-state index in [-0.39, 0.29) is 6.10 Å². The zero-order valence-electron chi connectivity index (χ0n) is 12.2. The highest BCUT2D eigenvalue weighted by Crippen LogP contribution is 2.67. The van der Waals surface area contributed by atoms with Crippen LogP contribution in [0.2, 0.25) is 0 Å². The Kier molecular flexibility index (Phi) is 1.94. The molecule has 1 unspecified atom stereocenters. The summed E-state index contributed by atoms with van der Waals surface area (Å²) in [5.41, 5.74) is 4.71. The number of aliphatic hydroxyl groups is 2. The Hall–Kier alpha value is -2.20. The third-order valence-electron chi connectivity index (χ3n) is 5.68. The zero-order valence-corrected chi connectivity index (χ0v) is 12.2. The van der Waals surface area contributed by atoms with Gasteiger partial charge in [0.25, 0.3) is 0 Å². The second-order valence-electron chi connectivity index (χ2n) is 6.69. The minimum atomic E-state index is -0.883. The summed E-state index contributed by atoms with van der Waals surface area (Å²) in [4.78, 5) is 0. The zero-order chi connectivity index (χ0) is 15.3. The predicted octanol–water partition coefficient (Wildman–Crippen LogP) is 2.87. The molecular formula is C20H14O3. The maximum Gasteiger partial charge on any atom is 0.149 e. The summed E-state index contributed by atoms with van der Waals surface area (Å²) in [6.07, 6.45) is -2.12. The molecule has 23 heavy (non-hydrogen) atoms. The van der Waals surface area contributed by atoms with Gasteiger partial charge in [0.05, 0.1) is 0 Å². The SMILES string of the molecule is O[C@H]1[C@H](O)c2cccc3c2C2(O[C@@H]12)c1ccc2ccccc2c1-3. The lowest BCUT2D eigenvalue weighted by Crippen LogP contribution is -2.34. The lowest BCUT2D eigenvalue weighted by Gasteiger charge is -2.26. The molecule has 0 saturated carbocycles. The average Bonchev–Trinajstić information content (AvgIpc) is 3.28. The van der Waals surface area contributed by atoms with Gasteiger partial charge in [-0.1, -0.05) is 54.6 Å². The van der Waals surface area contributed by atoms with E-state index in [9.17, 15) is 10.2 Å². The first kappa shape index (κ1) is 12.3. The van der Waals surface area contributed by atoms with Gasteiger partial charge in [-0.2, -0.15) is 0 Å². The fourth-order valence-electron chi connectivity index (χ4n) is 4.69. The van der Waals surface area contributed by atoms with Crippen LogP contribution in [0.25, 0.3) is 21.9 Å². The molecule has 0 radical (unpaired) electrons. The molecule has 3 nitrogen and oxygen atoms in total. The Labute approximate surface area is 132 Å². The largest absolute Gasteiger partial charge is 0.387 e. The average molecular weight is 302 g/mol. The Bertz CT molecular complexity index is 1010. The molecule has 3 aromatic rings. The van der Waals surface area contributed by atoms with Crippen molar-refractivity contribution in [2.45, 2.75) is 23.9 Å². The molecule has 6 rings (SSSR count). The third-order valence-corrected chi connectivity index (χ3v) is 5.68. The van der Waals surface area contributed by atoms with E-state index in [2.05, 4.69) is 30.3 Å². The van der Waals surface area contributed by atoms with Crippen LogP contribution < -0.4 is 0 Å². The topological polar surface area (TPSA) is 53.0 Å². The van der Waals surface area contributed by atoms with E-state index in [1.54, 1.807) is 0 Å². The van der Waals surface area contributed by atoms with Crippen molar-refractivity contribution in [1.29, 1.82) is 0 Å². The minimum absolute atomic E-state index is 0.353. The monoisotopic (exact) mass is 302 g/mol. The van der Waals surface area contributed by atoms with E-state index in [0.29, 0.717) is 0 Å². The van der Waals surface area contributed by atoms with Crippen molar-refractivity contribution in [3.05, 3.63) is 71.3 Å². The predicted molar refractivity (Wildman–Crippen MR) is 86.0 cm³/mol. The summed E-state index contributed by atoms with van der Waals surface area (Å²) >= 11 is 0. The van der Waals surface area contributed by atoms with Gasteiger partial charge in [-0.15, -0.1) is 0 Å². The molecule has 1 aliphatic heterocycles. The molecule has 3 aliphatic rings. The first-order valence-electron chi connectivity index (χ1n) is 7.93. The number of hydrogen-bond acceptors (Lipinski definition) is 3. The third kappa shape index (κ3) is 1.18. The lowest BCUT2D eigenvalue weighted by molar-refractivity contribution is -0.000531. The van der Waals surface area contributed by atoms with Crippen LogP contribution in [-0.2, 0) is 10.3 Å². The molecule has 2 aliphatic carbocycles. The Balaban J connectivity index is 1.81. The number of ether oxygens (including phenoxy) is 1. The van der Waals surface area contributed by atoms with Gasteiger partial charge in [0.15, 0.2) is 0 Å². The normalized spacial score (nSPS) is 32.3. The van der Waals surface area contributed by atoms with Crippen LogP contribution in [0.1, 0.15) is 22.8 Å². The van der Waals surface area contributed by atoms with Crippen molar-refractivity contribution in [3.8, 4) is 11.1 Å². The van der Waals surface area contributed by atoms with Crippen LogP contribution in [0, 0.1) is 0 Å². The van der Waals surface area contributed by atoms with Gasteiger partial charge in [0, 0.05) is 5.56 Å². The molecule has 0 bridgehead atoms. The van der Waals surface area contributed by atoms with Gasteiger partial charge in [0.1, 0.15) is 23.9 Å². The highest BCUT2D eigenvalue weighted by molar-refractivity contribution is 6.03. The maximum absolute atomic E-state index is 10.5. The van der Waals surface area contributed by atoms with Gasteiger partial charge < -0.3 is 14.9 Å². The van der Waals surface area contributed by atoms with Crippen LogP contribution in [0.4, 0.5) is 0 Å². The first-order chi connectivity index (χ1) is 11.2. The van der Waals surface area contributed by atoms with Crippen LogP contribution in [-0.4, -0.2) is 22.4 Å². The van der Waals surface area contributed by atoms with Crippen molar-refractivity contribution in [2.75, 3.05) is 0 Å². The number of benzene rings is 3. The van der Waals surface area contributed by atoms with Crippen molar-refractivity contribution in [1.82, 2.24) is 0 Å². The number of rotatable bonds is 0. The summed E-state index contributed by atoms with van der Waals surface area (Å²) in [6, 6.07) is 18.5. The summed E-state index contributed by atoms with van der Waals surface area (Å²) in [6.45, 7) is 0. The van der Waals surface area contributed by atoms with Gasteiger partial charge in [-0.25, -0.2) is 0 Å². The van der Waals surface area contributed by atoms with E-state index in [1.165, 1.54) is 16.3 Å². The minimum Gasteiger partial charge on any atom is -0.387 e. The molecular weight excluding hydrogens is 288 g/mol. The van der Waals surface area contributed by atoms with E-state index in [4.69, 9.17) is 4.74 Å². The van der Waals surface area contributed by atoms with E-state index in [1.807, 2.05) is 24.3 Å². The summed E-state index contributed by atoms with van der Waals surface area (Å²) in [5.74, 6) is 0. The summed E-state index contributed by atoms with van der Waals surface area (Å²) in [5, 5.41) is 23.3. The lowest BCUT2D eigenvalue weighted by atomic mass is 9.79. The molecule has 1 heterocycles. The van der Waals surface area contributed by atoms with Gasteiger partial charge in [-0.05, 0) is 33.0 Å². The molecule has 1 fully saturated rings. The highest BCUT2D eigenvalue weighted by atomic mass is 16.6. The van der Waals surface area contributed by atoms with Crippen LogP contribution in [0.15, 0.2) is 54.6 Å². The van der Waals surface area contributed by atoms with Crippen molar-refractivity contribution in [2.24, 2.45) is 0 Å². The molecule has 2 N–H and O–H groups in total. The van der Waals surface area contributed by atoms with E-state index < -0.39 is 17.8 Å². The molecule has 112 valence electrons. The van der Waals surface area contributed by atoms with Crippen molar-refractivity contribution in [3.63, 3.8) is 0 Å². The molecule has 1 spiro atoms. The second-order valence-corrected chi connectivity index (χ2v) is 6.69. The first-order valence-corrected chi connectivity index (χ1v) is 7.93. The maximum atomic E-state index is 10.5. The smallest absolute Gasteiger partial charge is 0.149 e. The quantitative estimate of drug-likeness (QED) is 0.628. The molecule has 3 heteroatoms. The molecule has 0 aromatic heterocycles. The van der Waals surface area contributed by atoms with E-state index in [0.717, 1.165) is 22.3 Å². The van der Waals surface area contributed by atoms with Crippen LogP contribution in [0.5, 0.6) is 0 Å². The van der Waals surface area contributed by atoms with Gasteiger partial charge in [0.2, 0.25) is 0 Å². The number of aliphatic hydroxyl groups excluding tert-OH is 2. The van der Waals surface area contributed by atoms with Crippen LogP contribution in [0.3, 0.4) is 0 Å². The fraction of sp³-hybridized carbons (Fsp3) is 0.200. The van der Waals surface area contributed by atoms with E-state index >= 15 is 0 Å². The van der Waals surface area contributed by atoms with Gasteiger partial charge in [-0.3, -0.25) is 0 Å². The highest BCUT2D eigenvalue weighted by Gasteiger charge is 2.70. The standard InChI is InChI=1S/C20H14O3/c21-17-13-7-3-6-12-15-11-5-2-1-4-10(11)8-9-14(15)20(16(12)13)19(23-20)18(17)22/h1-9,17-19,21-22H/t17-,18+,19+,20?/m1/s1.